The summed E-state index contributed by atoms with van der Waals surface area (Å²) in [5.74, 6) is 0. The third-order valence-electron chi connectivity index (χ3n) is 2.66. The molecule has 72 valence electrons. The van der Waals surface area contributed by atoms with Crippen LogP contribution in [0.1, 0.15) is 0 Å². The zero-order valence-corrected chi connectivity index (χ0v) is 8.03. The molecule has 3 aromatic rings. The molecule has 1 N–H and O–H groups in total. The van der Waals surface area contributed by atoms with Crippen molar-refractivity contribution in [2.75, 3.05) is 0 Å². The summed E-state index contributed by atoms with van der Waals surface area (Å²) >= 11 is 0. The third kappa shape index (κ3) is 1.22. The first-order chi connectivity index (χ1) is 7.34. The molecule has 0 unspecified atom stereocenters. The lowest BCUT2D eigenvalue weighted by Gasteiger charge is -2.02. The average molecular weight is 195 g/mol. The Balaban J connectivity index is 2.63. The van der Waals surface area contributed by atoms with Crippen LogP contribution < -0.4 is 5.43 Å². The second-order valence-corrected chi connectivity index (χ2v) is 3.60. The van der Waals surface area contributed by atoms with Gasteiger partial charge in [0.15, 0.2) is 5.43 Å². The number of hydrogen-bond donors (Lipinski definition) is 1. The summed E-state index contributed by atoms with van der Waals surface area (Å²) in [6, 6.07) is 11.3. The number of rotatable bonds is 0. The summed E-state index contributed by atoms with van der Waals surface area (Å²) in [6.45, 7) is 0. The summed E-state index contributed by atoms with van der Waals surface area (Å²) in [5.41, 5.74) is 0.0545. The summed E-state index contributed by atoms with van der Waals surface area (Å²) in [4.78, 5) is 14.4. The molecular formula is C13H9NO. The lowest BCUT2D eigenvalue weighted by atomic mass is 10.0. The summed E-state index contributed by atoms with van der Waals surface area (Å²) < 4.78 is 0. The molecule has 1 aromatic heterocycles. The molecule has 0 spiro atoms. The number of nitrogens with one attached hydrogen (secondary N) is 1. The molecular weight excluding hydrogens is 186 g/mol. The van der Waals surface area contributed by atoms with Gasteiger partial charge in [0.2, 0.25) is 0 Å². The van der Waals surface area contributed by atoms with E-state index in [0.29, 0.717) is 0 Å². The minimum atomic E-state index is 0.0545. The highest BCUT2D eigenvalue weighted by Gasteiger charge is 1.99. The number of benzene rings is 2. The maximum absolute atomic E-state index is 11.3. The van der Waals surface area contributed by atoms with Crippen molar-refractivity contribution in [3.05, 3.63) is 59.0 Å². The van der Waals surface area contributed by atoms with Crippen LogP contribution in [0.3, 0.4) is 0 Å². The molecule has 1 heterocycles. The van der Waals surface area contributed by atoms with Crippen LogP contribution in [0.5, 0.6) is 0 Å². The van der Waals surface area contributed by atoms with Gasteiger partial charge in [0.1, 0.15) is 0 Å². The predicted octanol–water partition coefficient (Wildman–Crippen LogP) is 2.68. The fraction of sp³-hybridized carbons (Fsp3) is 0. The van der Waals surface area contributed by atoms with Crippen LogP contribution in [0, 0.1) is 0 Å². The molecule has 0 amide bonds. The standard InChI is InChI=1S/C13H9NO/c15-11-4-3-9-1-2-10-5-6-14-8-13(10)12(9)7-11/h1-8,14H. The number of H-pyrrole nitrogens is 1. The minimum absolute atomic E-state index is 0.0545. The Morgan fingerprint density at radius 1 is 0.867 bits per heavy atom. The number of hydrogen-bond acceptors (Lipinski definition) is 1. The van der Waals surface area contributed by atoms with E-state index in [-0.39, 0.29) is 5.43 Å². The van der Waals surface area contributed by atoms with Crippen LogP contribution in [0.15, 0.2) is 53.6 Å². The fourth-order valence-corrected chi connectivity index (χ4v) is 1.91. The Bertz CT molecular complexity index is 697. The van der Waals surface area contributed by atoms with Gasteiger partial charge in [0, 0.05) is 17.8 Å². The van der Waals surface area contributed by atoms with Crippen molar-refractivity contribution in [3.8, 4) is 0 Å². The molecule has 0 aliphatic heterocycles. The molecule has 0 saturated heterocycles. The molecule has 2 nitrogen and oxygen atoms in total. The van der Waals surface area contributed by atoms with Crippen LogP contribution in [0.2, 0.25) is 0 Å². The summed E-state index contributed by atoms with van der Waals surface area (Å²) in [6.07, 6.45) is 3.81. The van der Waals surface area contributed by atoms with Gasteiger partial charge in [-0.3, -0.25) is 4.79 Å². The Hall–Kier alpha value is -2.09. The van der Waals surface area contributed by atoms with E-state index >= 15 is 0 Å². The first kappa shape index (κ1) is 8.24. The van der Waals surface area contributed by atoms with Crippen molar-refractivity contribution >= 4 is 21.5 Å². The lowest BCUT2D eigenvalue weighted by molar-refractivity contribution is 1.37. The molecule has 0 bridgehead atoms. The first-order valence-corrected chi connectivity index (χ1v) is 4.84. The maximum Gasteiger partial charge on any atom is 0.179 e. The van der Waals surface area contributed by atoms with Gasteiger partial charge in [0.05, 0.1) is 0 Å². The van der Waals surface area contributed by atoms with Gasteiger partial charge in [-0.25, -0.2) is 0 Å². The highest BCUT2D eigenvalue weighted by atomic mass is 16.1. The highest BCUT2D eigenvalue weighted by Crippen LogP contribution is 2.22. The first-order valence-electron chi connectivity index (χ1n) is 4.84. The zero-order valence-electron chi connectivity index (χ0n) is 8.03. The number of pyridine rings is 1. The van der Waals surface area contributed by atoms with E-state index in [1.807, 2.05) is 30.6 Å². The van der Waals surface area contributed by atoms with Gasteiger partial charge in [-0.05, 0) is 34.4 Å². The molecule has 3 rings (SSSR count). The Morgan fingerprint density at radius 2 is 1.60 bits per heavy atom. The fourth-order valence-electron chi connectivity index (χ4n) is 1.91. The van der Waals surface area contributed by atoms with Gasteiger partial charge in [-0.1, -0.05) is 18.2 Å². The average Bonchev–Trinajstić information content (AvgIpc) is 2.29. The Labute approximate surface area is 86.2 Å². The quantitative estimate of drug-likeness (QED) is 0.549. The highest BCUT2D eigenvalue weighted by molar-refractivity contribution is 6.06. The van der Waals surface area contributed by atoms with E-state index in [4.69, 9.17) is 0 Å². The van der Waals surface area contributed by atoms with E-state index in [9.17, 15) is 4.79 Å². The van der Waals surface area contributed by atoms with E-state index in [1.54, 1.807) is 12.1 Å². The van der Waals surface area contributed by atoms with Crippen LogP contribution in [-0.2, 0) is 0 Å². The topological polar surface area (TPSA) is 32.9 Å². The van der Waals surface area contributed by atoms with Crippen LogP contribution >= 0.6 is 0 Å². The van der Waals surface area contributed by atoms with Gasteiger partial charge in [-0.15, -0.1) is 0 Å². The van der Waals surface area contributed by atoms with Crippen molar-refractivity contribution in [2.24, 2.45) is 0 Å². The molecule has 2 heteroatoms. The van der Waals surface area contributed by atoms with E-state index < -0.39 is 0 Å². The smallest absolute Gasteiger partial charge is 0.179 e. The molecule has 15 heavy (non-hydrogen) atoms. The van der Waals surface area contributed by atoms with Gasteiger partial charge in [0.25, 0.3) is 0 Å². The van der Waals surface area contributed by atoms with Crippen LogP contribution in [0.4, 0.5) is 0 Å². The molecule has 0 atom stereocenters. The van der Waals surface area contributed by atoms with Gasteiger partial charge < -0.3 is 4.98 Å². The van der Waals surface area contributed by atoms with Crippen molar-refractivity contribution in [2.45, 2.75) is 0 Å². The van der Waals surface area contributed by atoms with Crippen molar-refractivity contribution in [3.63, 3.8) is 0 Å². The van der Waals surface area contributed by atoms with Crippen molar-refractivity contribution in [1.29, 1.82) is 0 Å². The Kier molecular flexibility index (Phi) is 1.62. The van der Waals surface area contributed by atoms with E-state index in [0.717, 1.165) is 21.5 Å². The molecule has 0 aliphatic rings. The van der Waals surface area contributed by atoms with Crippen LogP contribution in [-0.4, -0.2) is 4.98 Å². The maximum atomic E-state index is 11.3. The van der Waals surface area contributed by atoms with Gasteiger partial charge in [-0.2, -0.15) is 0 Å². The summed E-state index contributed by atoms with van der Waals surface area (Å²) in [5, 5.41) is 4.35. The molecule has 2 aromatic carbocycles. The van der Waals surface area contributed by atoms with Crippen molar-refractivity contribution < 1.29 is 0 Å². The Morgan fingerprint density at radius 3 is 2.47 bits per heavy atom. The molecule has 0 saturated carbocycles. The monoisotopic (exact) mass is 195 g/mol. The van der Waals surface area contributed by atoms with E-state index in [1.165, 1.54) is 0 Å². The number of aromatic nitrogens is 1. The number of fused-ring (bicyclic) bond motifs is 3. The largest absolute Gasteiger partial charge is 0.367 e. The minimum Gasteiger partial charge on any atom is -0.367 e. The SMILES string of the molecule is O=c1ccc2ccc3cc[nH]cc3c2c1. The summed E-state index contributed by atoms with van der Waals surface area (Å²) in [7, 11) is 0. The second-order valence-electron chi connectivity index (χ2n) is 3.60. The van der Waals surface area contributed by atoms with Gasteiger partial charge >= 0.3 is 0 Å². The predicted molar refractivity (Wildman–Crippen MR) is 62.1 cm³/mol. The van der Waals surface area contributed by atoms with E-state index in [2.05, 4.69) is 11.1 Å². The molecule has 0 aliphatic carbocycles. The second kappa shape index (κ2) is 2.95. The number of aromatic amines is 1. The molecule has 0 fully saturated rings. The normalized spacial score (nSPS) is 10.9. The zero-order chi connectivity index (χ0) is 10.3. The van der Waals surface area contributed by atoms with Crippen LogP contribution in [0.25, 0.3) is 21.5 Å². The third-order valence-corrected chi connectivity index (χ3v) is 2.66. The lowest BCUT2D eigenvalue weighted by Crippen LogP contribution is -1.94. The van der Waals surface area contributed by atoms with Crippen molar-refractivity contribution in [1.82, 2.24) is 4.98 Å². The molecule has 0 radical (unpaired) electrons.